The van der Waals surface area contributed by atoms with Gasteiger partial charge in [-0.3, -0.25) is 0 Å². The van der Waals surface area contributed by atoms with Gasteiger partial charge in [-0.25, -0.2) is 0 Å². The van der Waals surface area contributed by atoms with Gasteiger partial charge in [-0.05, 0) is 51.1 Å². The monoisotopic (exact) mass is 169 g/mol. The van der Waals surface area contributed by atoms with Gasteiger partial charge in [0.2, 0.25) is 0 Å². The van der Waals surface area contributed by atoms with Crippen molar-refractivity contribution in [2.75, 3.05) is 19.7 Å². The molecule has 2 unspecified atom stereocenters. The minimum absolute atomic E-state index is 0.386. The molecular formula is C10H19NO. The van der Waals surface area contributed by atoms with E-state index in [1.54, 1.807) is 0 Å². The number of aliphatic hydroxyl groups excluding tert-OH is 1. The highest BCUT2D eigenvalue weighted by molar-refractivity contribution is 4.86. The molecule has 2 heterocycles. The summed E-state index contributed by atoms with van der Waals surface area (Å²) in [5, 5.41) is 8.85. The quantitative estimate of drug-likeness (QED) is 0.672. The number of hydrogen-bond acceptors (Lipinski definition) is 2. The number of fused-ring (bicyclic) bond motifs is 1. The Labute approximate surface area is 74.6 Å². The van der Waals surface area contributed by atoms with E-state index in [2.05, 4.69) is 4.90 Å². The van der Waals surface area contributed by atoms with E-state index in [4.69, 9.17) is 5.11 Å². The Morgan fingerprint density at radius 3 is 3.00 bits per heavy atom. The molecule has 2 fully saturated rings. The lowest BCUT2D eigenvalue weighted by atomic mass is 9.89. The van der Waals surface area contributed by atoms with E-state index in [1.807, 2.05) is 0 Å². The molecule has 2 nitrogen and oxygen atoms in total. The molecule has 0 amide bonds. The maximum absolute atomic E-state index is 8.85. The minimum atomic E-state index is 0.386. The minimum Gasteiger partial charge on any atom is -0.396 e. The molecular weight excluding hydrogens is 150 g/mol. The summed E-state index contributed by atoms with van der Waals surface area (Å²) in [7, 11) is 0. The van der Waals surface area contributed by atoms with Crippen LogP contribution >= 0.6 is 0 Å². The molecule has 12 heavy (non-hydrogen) atoms. The largest absolute Gasteiger partial charge is 0.396 e. The van der Waals surface area contributed by atoms with Crippen molar-refractivity contribution in [1.29, 1.82) is 0 Å². The summed E-state index contributed by atoms with van der Waals surface area (Å²) in [6.07, 6.45) is 6.50. The van der Waals surface area contributed by atoms with Crippen LogP contribution in [0.25, 0.3) is 0 Å². The Kier molecular flexibility index (Phi) is 2.66. The van der Waals surface area contributed by atoms with Crippen LogP contribution in [0.4, 0.5) is 0 Å². The first-order chi connectivity index (χ1) is 5.90. The van der Waals surface area contributed by atoms with E-state index in [0.29, 0.717) is 6.61 Å². The Morgan fingerprint density at radius 1 is 1.25 bits per heavy atom. The average molecular weight is 169 g/mol. The molecule has 2 aliphatic heterocycles. The maximum atomic E-state index is 8.85. The summed E-state index contributed by atoms with van der Waals surface area (Å²) < 4.78 is 0. The second-order valence-electron chi connectivity index (χ2n) is 4.23. The second-order valence-corrected chi connectivity index (χ2v) is 4.23. The average Bonchev–Trinajstić information content (AvgIpc) is 2.51. The van der Waals surface area contributed by atoms with Crippen LogP contribution in [0, 0.1) is 5.92 Å². The maximum Gasteiger partial charge on any atom is 0.0433 e. The highest BCUT2D eigenvalue weighted by Crippen LogP contribution is 2.31. The topological polar surface area (TPSA) is 23.5 Å². The van der Waals surface area contributed by atoms with Crippen molar-refractivity contribution in [3.05, 3.63) is 0 Å². The summed E-state index contributed by atoms with van der Waals surface area (Å²) in [6.45, 7) is 3.00. The molecule has 0 aliphatic carbocycles. The lowest BCUT2D eigenvalue weighted by Crippen LogP contribution is -2.38. The molecule has 0 aromatic rings. The van der Waals surface area contributed by atoms with Gasteiger partial charge in [-0.15, -0.1) is 0 Å². The molecule has 2 rings (SSSR count). The van der Waals surface area contributed by atoms with Crippen molar-refractivity contribution in [1.82, 2.24) is 4.90 Å². The highest BCUT2D eigenvalue weighted by atomic mass is 16.3. The van der Waals surface area contributed by atoms with E-state index >= 15 is 0 Å². The van der Waals surface area contributed by atoms with Gasteiger partial charge in [-0.1, -0.05) is 0 Å². The molecule has 0 saturated carbocycles. The number of hydrogen-bond donors (Lipinski definition) is 1. The van der Waals surface area contributed by atoms with Gasteiger partial charge in [0, 0.05) is 12.6 Å². The smallest absolute Gasteiger partial charge is 0.0433 e. The highest BCUT2D eigenvalue weighted by Gasteiger charge is 2.30. The lowest BCUT2D eigenvalue weighted by Gasteiger charge is -2.34. The molecule has 2 heteroatoms. The van der Waals surface area contributed by atoms with Crippen LogP contribution in [0.1, 0.15) is 32.1 Å². The Hall–Kier alpha value is -0.0800. The molecule has 0 spiro atoms. The number of nitrogens with zero attached hydrogens (tertiary/aromatic N) is 1. The molecule has 0 aromatic carbocycles. The molecule has 0 bridgehead atoms. The first kappa shape index (κ1) is 8.52. The Morgan fingerprint density at radius 2 is 2.17 bits per heavy atom. The van der Waals surface area contributed by atoms with Gasteiger partial charge in [0.25, 0.3) is 0 Å². The van der Waals surface area contributed by atoms with Crippen molar-refractivity contribution in [3.8, 4) is 0 Å². The van der Waals surface area contributed by atoms with Crippen molar-refractivity contribution < 1.29 is 5.11 Å². The van der Waals surface area contributed by atoms with Gasteiger partial charge in [0.05, 0.1) is 0 Å². The normalized spacial score (nSPS) is 36.8. The van der Waals surface area contributed by atoms with Gasteiger partial charge in [0.15, 0.2) is 0 Å². The summed E-state index contributed by atoms with van der Waals surface area (Å²) in [5.41, 5.74) is 0. The fourth-order valence-electron chi connectivity index (χ4n) is 2.75. The predicted octanol–water partition coefficient (Wildman–Crippen LogP) is 1.24. The van der Waals surface area contributed by atoms with E-state index in [0.717, 1.165) is 18.4 Å². The van der Waals surface area contributed by atoms with Crippen LogP contribution < -0.4 is 0 Å². The lowest BCUT2D eigenvalue weighted by molar-refractivity contribution is 0.132. The molecule has 0 aromatic heterocycles. The second kappa shape index (κ2) is 3.75. The van der Waals surface area contributed by atoms with Crippen LogP contribution in [-0.2, 0) is 0 Å². The molecule has 70 valence electrons. The third-order valence-electron chi connectivity index (χ3n) is 3.47. The van der Waals surface area contributed by atoms with E-state index in [1.165, 1.54) is 38.8 Å². The summed E-state index contributed by atoms with van der Waals surface area (Å²) in [5.74, 6) is 0.814. The standard InChI is InChI=1S/C10H19NO/c12-7-4-9-3-6-11-5-1-2-10(11)8-9/h9-10,12H,1-8H2. The third kappa shape index (κ3) is 1.64. The molecule has 2 atom stereocenters. The summed E-state index contributed by atoms with van der Waals surface area (Å²) in [4.78, 5) is 2.63. The van der Waals surface area contributed by atoms with Crippen LogP contribution in [0.3, 0.4) is 0 Å². The van der Waals surface area contributed by atoms with Crippen molar-refractivity contribution in [2.24, 2.45) is 5.92 Å². The molecule has 2 aliphatic rings. The Bertz CT molecular complexity index is 149. The summed E-state index contributed by atoms with van der Waals surface area (Å²) in [6, 6.07) is 0.871. The zero-order valence-electron chi connectivity index (χ0n) is 7.71. The van der Waals surface area contributed by atoms with Crippen LogP contribution in [0.15, 0.2) is 0 Å². The molecule has 0 radical (unpaired) electrons. The van der Waals surface area contributed by atoms with Gasteiger partial charge in [-0.2, -0.15) is 0 Å². The third-order valence-corrected chi connectivity index (χ3v) is 3.47. The first-order valence-electron chi connectivity index (χ1n) is 5.25. The van der Waals surface area contributed by atoms with E-state index in [9.17, 15) is 0 Å². The van der Waals surface area contributed by atoms with Crippen molar-refractivity contribution in [2.45, 2.75) is 38.1 Å². The molecule has 2 saturated heterocycles. The van der Waals surface area contributed by atoms with E-state index < -0.39 is 0 Å². The first-order valence-corrected chi connectivity index (χ1v) is 5.25. The van der Waals surface area contributed by atoms with Gasteiger partial charge in [0.1, 0.15) is 0 Å². The van der Waals surface area contributed by atoms with Crippen LogP contribution in [0.2, 0.25) is 0 Å². The van der Waals surface area contributed by atoms with Crippen molar-refractivity contribution >= 4 is 0 Å². The predicted molar refractivity (Wildman–Crippen MR) is 49.0 cm³/mol. The van der Waals surface area contributed by atoms with E-state index in [-0.39, 0.29) is 0 Å². The number of aliphatic hydroxyl groups is 1. The van der Waals surface area contributed by atoms with Crippen molar-refractivity contribution in [3.63, 3.8) is 0 Å². The van der Waals surface area contributed by atoms with Gasteiger partial charge >= 0.3 is 0 Å². The number of rotatable bonds is 2. The van der Waals surface area contributed by atoms with Crippen LogP contribution in [0.5, 0.6) is 0 Å². The fraction of sp³-hybridized carbons (Fsp3) is 1.00. The van der Waals surface area contributed by atoms with Gasteiger partial charge < -0.3 is 10.0 Å². The summed E-state index contributed by atoms with van der Waals surface area (Å²) >= 11 is 0. The fourth-order valence-corrected chi connectivity index (χ4v) is 2.75. The zero-order valence-corrected chi connectivity index (χ0v) is 7.71. The number of piperidine rings is 1. The zero-order chi connectivity index (χ0) is 8.39. The Balaban J connectivity index is 1.84. The molecule has 1 N–H and O–H groups in total. The van der Waals surface area contributed by atoms with Crippen LogP contribution in [-0.4, -0.2) is 35.7 Å². The SMILES string of the molecule is OCCC1CCN2CCCC2C1.